The van der Waals surface area contributed by atoms with E-state index in [0.717, 1.165) is 53.9 Å². The Kier molecular flexibility index (Phi) is 7.13. The Morgan fingerprint density at radius 2 is 1.83 bits per heavy atom. The Morgan fingerprint density at radius 3 is 2.67 bits per heavy atom. The fourth-order valence-corrected chi connectivity index (χ4v) is 4.17. The van der Waals surface area contributed by atoms with E-state index >= 15 is 0 Å². The van der Waals surface area contributed by atoms with Crippen LogP contribution in [-0.2, 0) is 4.79 Å². The minimum Gasteiger partial charge on any atom is -0.351 e. The summed E-state index contributed by atoms with van der Waals surface area (Å²) >= 11 is 0. The van der Waals surface area contributed by atoms with Crippen molar-refractivity contribution in [3.05, 3.63) is 66.6 Å². The van der Waals surface area contributed by atoms with Crippen LogP contribution in [0.15, 0.2) is 60.9 Å². The largest absolute Gasteiger partial charge is 0.351 e. The maximum absolute atomic E-state index is 12.6. The molecular formula is C26H28N8O2. The monoisotopic (exact) mass is 484 g/mol. The number of nitrogens with one attached hydrogen (secondary N) is 4. The lowest BCUT2D eigenvalue weighted by Gasteiger charge is -2.15. The van der Waals surface area contributed by atoms with Crippen molar-refractivity contribution in [3.63, 3.8) is 0 Å². The average molecular weight is 485 g/mol. The first-order chi connectivity index (χ1) is 17.7. The number of aromatic amines is 1. The molecule has 1 aliphatic rings. The molecule has 0 spiro atoms. The van der Waals surface area contributed by atoms with Crippen molar-refractivity contribution >= 4 is 34.4 Å². The molecule has 0 atom stereocenters. The number of rotatable bonds is 9. The number of anilines is 2. The molecule has 1 aromatic carbocycles. The number of aromatic nitrogens is 4. The van der Waals surface area contributed by atoms with Gasteiger partial charge in [-0.3, -0.25) is 14.6 Å². The van der Waals surface area contributed by atoms with Gasteiger partial charge in [0.05, 0.1) is 17.9 Å². The lowest BCUT2D eigenvalue weighted by Crippen LogP contribution is -2.39. The molecule has 1 saturated heterocycles. The smallest absolute Gasteiger partial charge is 0.267 e. The van der Waals surface area contributed by atoms with E-state index in [1.807, 2.05) is 53.4 Å². The molecule has 3 aromatic heterocycles. The summed E-state index contributed by atoms with van der Waals surface area (Å²) in [6.07, 6.45) is 5.58. The summed E-state index contributed by atoms with van der Waals surface area (Å²) in [5.41, 5.74) is 3.63. The van der Waals surface area contributed by atoms with Gasteiger partial charge in [0.15, 0.2) is 0 Å². The third-order valence-corrected chi connectivity index (χ3v) is 6.03. The summed E-state index contributed by atoms with van der Waals surface area (Å²) < 4.78 is 0. The highest BCUT2D eigenvalue weighted by atomic mass is 16.2. The first kappa shape index (κ1) is 23.4. The van der Waals surface area contributed by atoms with Crippen molar-refractivity contribution in [3.8, 4) is 11.4 Å². The molecule has 10 heteroatoms. The van der Waals surface area contributed by atoms with E-state index in [2.05, 4.69) is 35.9 Å². The predicted octanol–water partition coefficient (Wildman–Crippen LogP) is 2.71. The van der Waals surface area contributed by atoms with E-state index < -0.39 is 0 Å². The summed E-state index contributed by atoms with van der Waals surface area (Å²) in [5, 5.41) is 10.1. The number of benzene rings is 1. The van der Waals surface area contributed by atoms with Crippen molar-refractivity contribution in [2.45, 2.75) is 12.8 Å². The highest BCUT2D eigenvalue weighted by Crippen LogP contribution is 2.23. The van der Waals surface area contributed by atoms with Crippen molar-refractivity contribution < 1.29 is 9.59 Å². The second-order valence-corrected chi connectivity index (χ2v) is 8.61. The molecule has 0 unspecified atom stereocenters. The highest BCUT2D eigenvalue weighted by Gasteiger charge is 2.17. The van der Waals surface area contributed by atoms with E-state index in [9.17, 15) is 9.59 Å². The topological polar surface area (TPSA) is 128 Å². The molecule has 4 heterocycles. The van der Waals surface area contributed by atoms with Gasteiger partial charge in [-0.25, -0.2) is 9.97 Å². The van der Waals surface area contributed by atoms with Crippen LogP contribution in [-0.4, -0.2) is 69.4 Å². The third kappa shape index (κ3) is 5.66. The molecular weight excluding hydrogens is 456 g/mol. The summed E-state index contributed by atoms with van der Waals surface area (Å²) in [6, 6.07) is 15.0. The molecule has 2 amide bonds. The molecule has 0 bridgehead atoms. The van der Waals surface area contributed by atoms with Gasteiger partial charge in [0.2, 0.25) is 11.9 Å². The van der Waals surface area contributed by atoms with Crippen LogP contribution >= 0.6 is 0 Å². The Hall–Kier alpha value is -4.31. The molecule has 4 aromatic rings. The number of hydrogen-bond donors (Lipinski definition) is 4. The fraction of sp³-hybridized carbons (Fsp3) is 0.269. The lowest BCUT2D eigenvalue weighted by atomic mass is 10.2. The van der Waals surface area contributed by atoms with Crippen LogP contribution in [0.25, 0.3) is 22.3 Å². The first-order valence-corrected chi connectivity index (χ1v) is 12.1. The van der Waals surface area contributed by atoms with Gasteiger partial charge in [0.1, 0.15) is 5.69 Å². The average Bonchev–Trinajstić information content (AvgIpc) is 3.59. The zero-order chi connectivity index (χ0) is 24.7. The van der Waals surface area contributed by atoms with Gasteiger partial charge in [-0.1, -0.05) is 6.07 Å². The van der Waals surface area contributed by atoms with Gasteiger partial charge in [-0.15, -0.1) is 0 Å². The maximum atomic E-state index is 12.6. The van der Waals surface area contributed by atoms with E-state index in [1.165, 1.54) is 0 Å². The van der Waals surface area contributed by atoms with Crippen molar-refractivity contribution in [2.75, 3.05) is 38.0 Å². The molecule has 1 fully saturated rings. The number of carbonyl (C=O) groups excluding carboxylic acids is 2. The number of carbonyl (C=O) groups is 2. The van der Waals surface area contributed by atoms with E-state index in [1.54, 1.807) is 12.4 Å². The Morgan fingerprint density at radius 1 is 0.944 bits per heavy atom. The van der Waals surface area contributed by atoms with Gasteiger partial charge < -0.3 is 25.8 Å². The van der Waals surface area contributed by atoms with Crippen LogP contribution in [0.4, 0.5) is 11.6 Å². The zero-order valence-corrected chi connectivity index (χ0v) is 19.8. The molecule has 1 aliphatic heterocycles. The molecule has 0 radical (unpaired) electrons. The van der Waals surface area contributed by atoms with Crippen LogP contribution in [0.1, 0.15) is 23.3 Å². The van der Waals surface area contributed by atoms with Crippen LogP contribution < -0.4 is 16.0 Å². The summed E-state index contributed by atoms with van der Waals surface area (Å²) in [4.78, 5) is 42.8. The predicted molar refractivity (Wildman–Crippen MR) is 138 cm³/mol. The van der Waals surface area contributed by atoms with Crippen LogP contribution in [0.5, 0.6) is 0 Å². The molecule has 184 valence electrons. The van der Waals surface area contributed by atoms with Gasteiger partial charge in [-0.05, 0) is 55.3 Å². The number of amides is 2. The van der Waals surface area contributed by atoms with E-state index in [0.29, 0.717) is 31.3 Å². The Bertz CT molecular complexity index is 1350. The number of fused-ring (bicyclic) bond motifs is 1. The van der Waals surface area contributed by atoms with Gasteiger partial charge in [-0.2, -0.15) is 0 Å². The number of pyridine rings is 1. The minimum atomic E-state index is -0.195. The van der Waals surface area contributed by atoms with Gasteiger partial charge in [0, 0.05) is 55.2 Å². The molecule has 4 N–H and O–H groups in total. The zero-order valence-electron chi connectivity index (χ0n) is 19.8. The normalized spacial score (nSPS) is 13.2. The first-order valence-electron chi connectivity index (χ1n) is 12.1. The number of hydrogen-bond acceptors (Lipinski definition) is 7. The SMILES string of the molecule is O=C(NCCNCC(=O)N1CCCC1)c1cc2cc(Nc3nccc(-c4ccccn4)n3)ccc2[nH]1. The van der Waals surface area contributed by atoms with E-state index in [4.69, 9.17) is 0 Å². The molecule has 0 saturated carbocycles. The Labute approximate surface area is 208 Å². The number of likely N-dealkylation sites (tertiary alicyclic amines) is 1. The molecule has 5 rings (SSSR count). The van der Waals surface area contributed by atoms with Crippen molar-refractivity contribution in [1.82, 2.24) is 35.5 Å². The second-order valence-electron chi connectivity index (χ2n) is 8.61. The Balaban J connectivity index is 1.15. The summed E-state index contributed by atoms with van der Waals surface area (Å²) in [6.45, 7) is 2.95. The minimum absolute atomic E-state index is 0.118. The highest BCUT2D eigenvalue weighted by molar-refractivity contribution is 5.98. The number of H-pyrrole nitrogens is 1. The second kappa shape index (κ2) is 11.0. The summed E-state index contributed by atoms with van der Waals surface area (Å²) in [7, 11) is 0. The molecule has 10 nitrogen and oxygen atoms in total. The maximum Gasteiger partial charge on any atom is 0.267 e. The van der Waals surface area contributed by atoms with Gasteiger partial charge in [0.25, 0.3) is 5.91 Å². The fourth-order valence-electron chi connectivity index (χ4n) is 4.17. The van der Waals surface area contributed by atoms with E-state index in [-0.39, 0.29) is 11.8 Å². The van der Waals surface area contributed by atoms with Crippen LogP contribution in [0, 0.1) is 0 Å². The van der Waals surface area contributed by atoms with Crippen molar-refractivity contribution in [1.29, 1.82) is 0 Å². The molecule has 36 heavy (non-hydrogen) atoms. The van der Waals surface area contributed by atoms with Gasteiger partial charge >= 0.3 is 0 Å². The quantitative estimate of drug-likeness (QED) is 0.269. The summed E-state index contributed by atoms with van der Waals surface area (Å²) in [5.74, 6) is 0.384. The van der Waals surface area contributed by atoms with Crippen LogP contribution in [0.2, 0.25) is 0 Å². The third-order valence-electron chi connectivity index (χ3n) is 6.03. The lowest BCUT2D eigenvalue weighted by molar-refractivity contribution is -0.129. The number of nitrogens with zero attached hydrogens (tertiary/aromatic N) is 4. The van der Waals surface area contributed by atoms with Crippen molar-refractivity contribution in [2.24, 2.45) is 0 Å². The standard InChI is InChI=1S/C26H28N8O2/c35-24(34-13-3-4-14-34)17-27-11-12-29-25(36)23-16-18-15-19(6-7-20(18)32-23)31-26-30-10-8-22(33-26)21-5-1-2-9-28-21/h1-2,5-10,15-16,27,32H,3-4,11-14,17H2,(H,29,36)(H,30,31,33). The van der Waals surface area contributed by atoms with Crippen LogP contribution in [0.3, 0.4) is 0 Å². The molecule has 0 aliphatic carbocycles.